The maximum atomic E-state index is 5.45. The molecule has 0 saturated heterocycles. The van der Waals surface area contributed by atoms with Crippen molar-refractivity contribution in [2.24, 2.45) is 5.10 Å². The molecule has 158 valence electrons. The molecule has 4 rings (SSSR count). The largest absolute Gasteiger partial charge is 0.496 e. The van der Waals surface area contributed by atoms with Gasteiger partial charge in [-0.3, -0.25) is 5.10 Å². The van der Waals surface area contributed by atoms with Crippen LogP contribution in [0.25, 0.3) is 22.8 Å². The van der Waals surface area contributed by atoms with Gasteiger partial charge in [-0.2, -0.15) is 20.0 Å². The van der Waals surface area contributed by atoms with Crippen molar-refractivity contribution in [2.45, 2.75) is 0 Å². The molecule has 2 aromatic heterocycles. The molecule has 0 aliphatic carbocycles. The van der Waals surface area contributed by atoms with Crippen molar-refractivity contribution < 1.29 is 14.2 Å². The average molecular weight is 436 g/mol. The van der Waals surface area contributed by atoms with Gasteiger partial charge in [-0.1, -0.05) is 30.3 Å². The summed E-state index contributed by atoms with van der Waals surface area (Å²) in [4.78, 5) is 0. The zero-order valence-electron chi connectivity index (χ0n) is 17.1. The van der Waals surface area contributed by atoms with Gasteiger partial charge in [-0.15, -0.1) is 0 Å². The molecular weight excluding hydrogens is 416 g/mol. The molecule has 0 spiro atoms. The van der Waals surface area contributed by atoms with Crippen molar-refractivity contribution in [1.82, 2.24) is 25.1 Å². The van der Waals surface area contributed by atoms with Gasteiger partial charge in [0.05, 0.1) is 33.2 Å². The fraction of sp³-hybridized carbons (Fsp3) is 0.143. The number of hydrogen-bond donors (Lipinski definition) is 2. The van der Waals surface area contributed by atoms with Gasteiger partial charge in [0, 0.05) is 17.2 Å². The summed E-state index contributed by atoms with van der Waals surface area (Å²) in [5.41, 5.74) is 3.14. The summed E-state index contributed by atoms with van der Waals surface area (Å²) in [7, 11) is 4.71. The Hall–Kier alpha value is -3.92. The fourth-order valence-electron chi connectivity index (χ4n) is 3.04. The minimum atomic E-state index is 0.335. The van der Waals surface area contributed by atoms with Crippen LogP contribution in [0.4, 0.5) is 0 Å². The molecule has 4 aromatic rings. The van der Waals surface area contributed by atoms with E-state index in [0.29, 0.717) is 39.1 Å². The molecule has 0 atom stereocenters. The highest BCUT2D eigenvalue weighted by molar-refractivity contribution is 7.71. The summed E-state index contributed by atoms with van der Waals surface area (Å²) in [6.45, 7) is 0. The van der Waals surface area contributed by atoms with E-state index in [0.717, 1.165) is 11.3 Å². The van der Waals surface area contributed by atoms with Crippen LogP contribution in [0.1, 0.15) is 5.56 Å². The minimum Gasteiger partial charge on any atom is -0.496 e. The number of benzene rings is 2. The van der Waals surface area contributed by atoms with Crippen LogP contribution in [0.15, 0.2) is 53.6 Å². The van der Waals surface area contributed by atoms with Gasteiger partial charge in [0.1, 0.15) is 11.4 Å². The Kier molecular flexibility index (Phi) is 5.80. The van der Waals surface area contributed by atoms with E-state index in [-0.39, 0.29) is 0 Å². The van der Waals surface area contributed by atoms with Gasteiger partial charge in [-0.25, -0.2) is 5.10 Å². The number of aromatic nitrogens is 5. The van der Waals surface area contributed by atoms with Gasteiger partial charge >= 0.3 is 0 Å². The Balaban J connectivity index is 1.71. The van der Waals surface area contributed by atoms with Crippen molar-refractivity contribution in [2.75, 3.05) is 21.3 Å². The van der Waals surface area contributed by atoms with Crippen molar-refractivity contribution in [3.05, 3.63) is 58.9 Å². The Labute approximate surface area is 183 Å². The highest BCUT2D eigenvalue weighted by Gasteiger charge is 2.14. The third-order valence-corrected chi connectivity index (χ3v) is 4.85. The first kappa shape index (κ1) is 20.4. The summed E-state index contributed by atoms with van der Waals surface area (Å²) in [6.07, 6.45) is 1.62. The quantitative estimate of drug-likeness (QED) is 0.336. The number of rotatable bonds is 7. The van der Waals surface area contributed by atoms with E-state index < -0.39 is 0 Å². The van der Waals surface area contributed by atoms with Crippen LogP contribution in [0.3, 0.4) is 0 Å². The van der Waals surface area contributed by atoms with E-state index in [1.54, 1.807) is 39.7 Å². The zero-order chi connectivity index (χ0) is 21.8. The second kappa shape index (κ2) is 8.84. The summed E-state index contributed by atoms with van der Waals surface area (Å²) < 4.78 is 18.0. The number of nitrogens with zero attached hydrogens (tertiary/aromatic N) is 4. The van der Waals surface area contributed by atoms with E-state index in [4.69, 9.17) is 26.4 Å². The van der Waals surface area contributed by atoms with Crippen LogP contribution in [-0.2, 0) is 0 Å². The monoisotopic (exact) mass is 436 g/mol. The molecule has 0 radical (unpaired) electrons. The molecule has 0 amide bonds. The van der Waals surface area contributed by atoms with Crippen LogP contribution < -0.4 is 14.2 Å². The number of aromatic amines is 2. The molecule has 0 fully saturated rings. The summed E-state index contributed by atoms with van der Waals surface area (Å²) in [5, 5.41) is 18.9. The number of methoxy groups -OCH3 is 3. The summed E-state index contributed by atoms with van der Waals surface area (Å²) in [5.74, 6) is 2.19. The molecule has 9 nitrogen and oxygen atoms in total. The third kappa shape index (κ3) is 4.05. The summed E-state index contributed by atoms with van der Waals surface area (Å²) in [6, 6.07) is 15.2. The normalized spacial score (nSPS) is 11.1. The van der Waals surface area contributed by atoms with E-state index in [2.05, 4.69) is 25.5 Å². The first-order valence-electron chi connectivity index (χ1n) is 9.27. The van der Waals surface area contributed by atoms with Crippen LogP contribution in [0.2, 0.25) is 0 Å². The predicted octanol–water partition coefficient (Wildman–Crippen LogP) is 3.91. The van der Waals surface area contributed by atoms with Crippen molar-refractivity contribution in [1.29, 1.82) is 0 Å². The Morgan fingerprint density at radius 2 is 1.61 bits per heavy atom. The van der Waals surface area contributed by atoms with E-state index in [1.807, 2.05) is 36.4 Å². The maximum absolute atomic E-state index is 5.45. The van der Waals surface area contributed by atoms with E-state index in [9.17, 15) is 0 Å². The van der Waals surface area contributed by atoms with Crippen LogP contribution in [0, 0.1) is 4.77 Å². The molecule has 2 heterocycles. The van der Waals surface area contributed by atoms with Gasteiger partial charge < -0.3 is 14.2 Å². The molecule has 0 aliphatic heterocycles. The molecule has 0 unspecified atom stereocenters. The van der Waals surface area contributed by atoms with Crippen molar-refractivity contribution in [3.63, 3.8) is 0 Å². The number of ether oxygens (including phenoxy) is 3. The Morgan fingerprint density at radius 3 is 2.32 bits per heavy atom. The number of H-pyrrole nitrogens is 2. The molecule has 2 aromatic carbocycles. The van der Waals surface area contributed by atoms with Gasteiger partial charge in [0.2, 0.25) is 10.6 Å². The van der Waals surface area contributed by atoms with E-state index in [1.165, 1.54) is 4.68 Å². The number of hydrogen-bond acceptors (Lipinski definition) is 7. The van der Waals surface area contributed by atoms with Crippen molar-refractivity contribution >= 4 is 18.4 Å². The maximum Gasteiger partial charge on any atom is 0.216 e. The SMILES string of the molecule is COc1cc(OC)c(OC)cc1C=Nn1c(-c2cc(-c3ccccc3)n[nH]2)n[nH]c1=S. The molecule has 0 aliphatic rings. The summed E-state index contributed by atoms with van der Waals surface area (Å²) >= 11 is 5.36. The molecule has 10 heteroatoms. The highest BCUT2D eigenvalue weighted by atomic mass is 32.1. The molecule has 0 saturated carbocycles. The lowest BCUT2D eigenvalue weighted by atomic mass is 10.1. The van der Waals surface area contributed by atoms with Gasteiger partial charge in [-0.05, 0) is 24.4 Å². The molecule has 2 N–H and O–H groups in total. The molecule has 31 heavy (non-hydrogen) atoms. The molecule has 0 bridgehead atoms. The standard InChI is InChI=1S/C21H20N6O3S/c1-28-17-11-19(30-3)18(29-2)9-14(17)12-22-27-20(25-26-21(27)31)16-10-15(23-24-16)13-7-5-4-6-8-13/h4-12H,1-3H3,(H,23,24)(H,26,31). The van der Waals surface area contributed by atoms with Gasteiger partial charge in [0.25, 0.3) is 0 Å². The van der Waals surface area contributed by atoms with Crippen LogP contribution in [-0.4, -0.2) is 52.6 Å². The fourth-order valence-corrected chi connectivity index (χ4v) is 3.22. The topological polar surface area (TPSA) is 102 Å². The lowest BCUT2D eigenvalue weighted by molar-refractivity contribution is 0.349. The second-order valence-electron chi connectivity index (χ2n) is 6.39. The predicted molar refractivity (Wildman–Crippen MR) is 120 cm³/mol. The molecular formula is C21H20N6O3S. The Bertz CT molecular complexity index is 1280. The lowest BCUT2D eigenvalue weighted by Crippen LogP contribution is -1.99. The minimum absolute atomic E-state index is 0.335. The lowest BCUT2D eigenvalue weighted by Gasteiger charge is -2.11. The van der Waals surface area contributed by atoms with Crippen LogP contribution in [0.5, 0.6) is 17.2 Å². The zero-order valence-corrected chi connectivity index (χ0v) is 17.9. The third-order valence-electron chi connectivity index (χ3n) is 4.59. The number of nitrogens with one attached hydrogen (secondary N) is 2. The average Bonchev–Trinajstić information content (AvgIpc) is 3.44. The van der Waals surface area contributed by atoms with Gasteiger partial charge in [0.15, 0.2) is 11.5 Å². The first-order chi connectivity index (χ1) is 15.1. The smallest absolute Gasteiger partial charge is 0.216 e. The second-order valence-corrected chi connectivity index (χ2v) is 6.78. The van der Waals surface area contributed by atoms with Crippen molar-refractivity contribution in [3.8, 4) is 40.0 Å². The first-order valence-corrected chi connectivity index (χ1v) is 9.68. The van der Waals surface area contributed by atoms with Crippen LogP contribution >= 0.6 is 12.2 Å². The highest BCUT2D eigenvalue weighted by Crippen LogP contribution is 2.34. The van der Waals surface area contributed by atoms with E-state index >= 15 is 0 Å². The Morgan fingerprint density at radius 1 is 0.903 bits per heavy atom.